The lowest BCUT2D eigenvalue weighted by atomic mass is 10.2. The number of nitrogens with zero attached hydrogens (tertiary/aromatic N) is 3. The van der Waals surface area contributed by atoms with Crippen LogP contribution >= 0.6 is 0 Å². The molecular formula is C12H13N5O. The normalized spacial score (nSPS) is 9.83. The van der Waals surface area contributed by atoms with Gasteiger partial charge in [0.05, 0.1) is 17.8 Å². The summed E-state index contributed by atoms with van der Waals surface area (Å²) in [4.78, 5) is 23.9. The molecule has 6 heteroatoms. The number of anilines is 1. The van der Waals surface area contributed by atoms with Gasteiger partial charge in [-0.05, 0) is 18.2 Å². The van der Waals surface area contributed by atoms with E-state index < -0.39 is 0 Å². The molecule has 2 aromatic rings. The van der Waals surface area contributed by atoms with Gasteiger partial charge in [-0.1, -0.05) is 0 Å². The van der Waals surface area contributed by atoms with E-state index >= 15 is 0 Å². The van der Waals surface area contributed by atoms with Crippen molar-refractivity contribution in [2.75, 3.05) is 12.4 Å². The Morgan fingerprint density at radius 1 is 1.28 bits per heavy atom. The van der Waals surface area contributed by atoms with Gasteiger partial charge in [0, 0.05) is 19.4 Å². The molecule has 0 bridgehead atoms. The van der Waals surface area contributed by atoms with E-state index in [4.69, 9.17) is 0 Å². The Labute approximate surface area is 105 Å². The smallest absolute Gasteiger partial charge is 0.255 e. The van der Waals surface area contributed by atoms with Crippen LogP contribution in [0.4, 0.5) is 5.82 Å². The summed E-state index contributed by atoms with van der Waals surface area (Å²) in [7, 11) is 1.73. The summed E-state index contributed by atoms with van der Waals surface area (Å²) in [5.41, 5.74) is 1.27. The van der Waals surface area contributed by atoms with Gasteiger partial charge in [-0.15, -0.1) is 0 Å². The minimum absolute atomic E-state index is 0.189. The van der Waals surface area contributed by atoms with Gasteiger partial charge in [-0.2, -0.15) is 0 Å². The summed E-state index contributed by atoms with van der Waals surface area (Å²) in [6, 6.07) is 5.19. The van der Waals surface area contributed by atoms with Crippen molar-refractivity contribution in [3.8, 4) is 0 Å². The van der Waals surface area contributed by atoms with Crippen molar-refractivity contribution in [2.45, 2.75) is 6.54 Å². The monoisotopic (exact) mass is 243 g/mol. The third kappa shape index (κ3) is 2.79. The summed E-state index contributed by atoms with van der Waals surface area (Å²) in [6.45, 7) is 0.361. The van der Waals surface area contributed by atoms with Crippen LogP contribution in [0.15, 0.2) is 36.9 Å². The number of hydrogen-bond donors (Lipinski definition) is 2. The van der Waals surface area contributed by atoms with Gasteiger partial charge in [-0.25, -0.2) is 15.0 Å². The molecule has 0 spiro atoms. The first-order chi connectivity index (χ1) is 8.81. The number of pyridine rings is 1. The largest absolute Gasteiger partial charge is 0.372 e. The van der Waals surface area contributed by atoms with Crippen LogP contribution in [0, 0.1) is 0 Å². The van der Waals surface area contributed by atoms with Crippen LogP contribution in [0.5, 0.6) is 0 Å². The fourth-order valence-electron chi connectivity index (χ4n) is 1.48. The molecule has 2 heterocycles. The third-order valence-corrected chi connectivity index (χ3v) is 2.36. The van der Waals surface area contributed by atoms with E-state index in [2.05, 4.69) is 25.6 Å². The lowest BCUT2D eigenvalue weighted by Crippen LogP contribution is -2.24. The first kappa shape index (κ1) is 12.0. The van der Waals surface area contributed by atoms with E-state index in [0.717, 1.165) is 5.69 Å². The summed E-state index contributed by atoms with van der Waals surface area (Å²) in [6.07, 6.45) is 4.72. The molecule has 92 valence electrons. The highest BCUT2D eigenvalue weighted by molar-refractivity contribution is 5.98. The van der Waals surface area contributed by atoms with Crippen LogP contribution < -0.4 is 10.6 Å². The summed E-state index contributed by atoms with van der Waals surface area (Å²) in [5.74, 6) is 0.365. The molecule has 0 fully saturated rings. The van der Waals surface area contributed by atoms with E-state index in [-0.39, 0.29) is 5.91 Å². The molecule has 0 radical (unpaired) electrons. The molecule has 0 aliphatic heterocycles. The minimum Gasteiger partial charge on any atom is -0.372 e. The van der Waals surface area contributed by atoms with E-state index in [0.29, 0.717) is 17.9 Å². The molecule has 0 unspecified atom stereocenters. The van der Waals surface area contributed by atoms with E-state index in [9.17, 15) is 4.79 Å². The Morgan fingerprint density at radius 3 is 2.89 bits per heavy atom. The van der Waals surface area contributed by atoms with Crippen LogP contribution in [0.1, 0.15) is 16.1 Å². The molecule has 6 nitrogen and oxygen atoms in total. The standard InChI is InChI=1S/C12H13N5O/c1-13-11-10(3-2-5-15-11)12(18)16-7-9-4-6-14-8-17-9/h2-6,8H,7H2,1H3,(H,13,15)(H,16,18). The SMILES string of the molecule is CNc1ncccc1C(=O)NCc1ccncn1. The van der Waals surface area contributed by atoms with Gasteiger partial charge in [-0.3, -0.25) is 4.79 Å². The lowest BCUT2D eigenvalue weighted by Gasteiger charge is -2.08. The molecule has 2 rings (SSSR count). The second kappa shape index (κ2) is 5.72. The van der Waals surface area contributed by atoms with E-state index in [1.165, 1.54) is 6.33 Å². The van der Waals surface area contributed by atoms with Crippen molar-refractivity contribution in [1.29, 1.82) is 0 Å². The van der Waals surface area contributed by atoms with Gasteiger partial charge in [0.25, 0.3) is 5.91 Å². The molecule has 0 aliphatic carbocycles. The predicted molar refractivity (Wildman–Crippen MR) is 67.0 cm³/mol. The minimum atomic E-state index is -0.189. The second-order valence-electron chi connectivity index (χ2n) is 3.53. The van der Waals surface area contributed by atoms with E-state index in [1.54, 1.807) is 37.6 Å². The maximum Gasteiger partial charge on any atom is 0.255 e. The van der Waals surface area contributed by atoms with Crippen LogP contribution in [0.2, 0.25) is 0 Å². The van der Waals surface area contributed by atoms with Crippen LogP contribution in [-0.4, -0.2) is 27.9 Å². The Balaban J connectivity index is 2.04. The van der Waals surface area contributed by atoms with Gasteiger partial charge < -0.3 is 10.6 Å². The highest BCUT2D eigenvalue weighted by atomic mass is 16.1. The molecule has 0 saturated heterocycles. The van der Waals surface area contributed by atoms with Gasteiger partial charge in [0.1, 0.15) is 12.1 Å². The van der Waals surface area contributed by atoms with Crippen molar-refractivity contribution in [2.24, 2.45) is 0 Å². The number of nitrogens with one attached hydrogen (secondary N) is 2. The molecule has 0 aliphatic rings. The molecule has 2 N–H and O–H groups in total. The molecule has 2 aromatic heterocycles. The van der Waals surface area contributed by atoms with E-state index in [1.807, 2.05) is 0 Å². The third-order valence-electron chi connectivity index (χ3n) is 2.36. The lowest BCUT2D eigenvalue weighted by molar-refractivity contribution is 0.0951. The molecule has 0 saturated carbocycles. The molecular weight excluding hydrogens is 230 g/mol. The first-order valence-corrected chi connectivity index (χ1v) is 5.47. The highest BCUT2D eigenvalue weighted by Gasteiger charge is 2.10. The number of amides is 1. The topological polar surface area (TPSA) is 79.8 Å². The Morgan fingerprint density at radius 2 is 2.17 bits per heavy atom. The van der Waals surface area contributed by atoms with Crippen molar-refractivity contribution in [3.63, 3.8) is 0 Å². The quantitative estimate of drug-likeness (QED) is 0.832. The number of carbonyl (C=O) groups is 1. The number of hydrogen-bond acceptors (Lipinski definition) is 5. The number of aromatic nitrogens is 3. The maximum absolute atomic E-state index is 12.0. The highest BCUT2D eigenvalue weighted by Crippen LogP contribution is 2.10. The number of rotatable bonds is 4. The van der Waals surface area contributed by atoms with Gasteiger partial charge in [0.2, 0.25) is 0 Å². The molecule has 1 amide bonds. The summed E-state index contributed by atoms with van der Waals surface area (Å²) < 4.78 is 0. The zero-order valence-corrected chi connectivity index (χ0v) is 9.92. The average molecular weight is 243 g/mol. The Kier molecular flexibility index (Phi) is 3.80. The zero-order valence-electron chi connectivity index (χ0n) is 9.92. The van der Waals surface area contributed by atoms with Crippen LogP contribution in [0.25, 0.3) is 0 Å². The summed E-state index contributed by atoms with van der Waals surface area (Å²) in [5, 5.41) is 5.66. The molecule has 0 atom stereocenters. The number of carbonyl (C=O) groups excluding carboxylic acids is 1. The Bertz CT molecular complexity index is 529. The molecule has 0 aromatic carbocycles. The van der Waals surface area contributed by atoms with Crippen molar-refractivity contribution < 1.29 is 4.79 Å². The predicted octanol–water partition coefficient (Wildman–Crippen LogP) is 0.843. The van der Waals surface area contributed by atoms with Gasteiger partial charge >= 0.3 is 0 Å². The van der Waals surface area contributed by atoms with Crippen molar-refractivity contribution >= 4 is 11.7 Å². The fourth-order valence-corrected chi connectivity index (χ4v) is 1.48. The van der Waals surface area contributed by atoms with Crippen LogP contribution in [0.3, 0.4) is 0 Å². The molecule has 18 heavy (non-hydrogen) atoms. The second-order valence-corrected chi connectivity index (χ2v) is 3.53. The van der Waals surface area contributed by atoms with Crippen molar-refractivity contribution in [3.05, 3.63) is 48.2 Å². The average Bonchev–Trinajstić information content (AvgIpc) is 2.45. The first-order valence-electron chi connectivity index (χ1n) is 5.47. The Hall–Kier alpha value is -2.50. The van der Waals surface area contributed by atoms with Gasteiger partial charge in [0.15, 0.2) is 0 Å². The zero-order chi connectivity index (χ0) is 12.8. The van der Waals surface area contributed by atoms with Crippen LogP contribution in [-0.2, 0) is 6.54 Å². The summed E-state index contributed by atoms with van der Waals surface area (Å²) >= 11 is 0. The van der Waals surface area contributed by atoms with Crippen molar-refractivity contribution in [1.82, 2.24) is 20.3 Å². The fraction of sp³-hybridized carbons (Fsp3) is 0.167. The maximum atomic E-state index is 12.0.